The van der Waals surface area contributed by atoms with E-state index in [2.05, 4.69) is 21.8 Å². The minimum absolute atomic E-state index is 0.0478. The first-order valence-corrected chi connectivity index (χ1v) is 12.2. The summed E-state index contributed by atoms with van der Waals surface area (Å²) in [6.07, 6.45) is 3.37. The number of amides is 4. The smallest absolute Gasteiger partial charge is 0.322 e. The third-order valence-electron chi connectivity index (χ3n) is 6.72. The van der Waals surface area contributed by atoms with Crippen LogP contribution in [0.25, 0.3) is 0 Å². The zero-order chi connectivity index (χ0) is 25.2. The maximum absolute atomic E-state index is 13.6. The molecule has 10 heteroatoms. The number of hydrogen-bond donors (Lipinski definition) is 1. The van der Waals surface area contributed by atoms with E-state index in [0.717, 1.165) is 5.82 Å². The molecular weight excluding hydrogens is 480 g/mol. The van der Waals surface area contributed by atoms with Gasteiger partial charge in [0.25, 0.3) is 5.91 Å². The monoisotopic (exact) mass is 506 g/mol. The molecule has 2 aromatic rings. The Hall–Kier alpha value is -3.85. The molecule has 0 spiro atoms. The summed E-state index contributed by atoms with van der Waals surface area (Å²) >= 11 is 6.19. The first kappa shape index (κ1) is 23.9. The topological polar surface area (TPSA) is 89.1 Å². The van der Waals surface area contributed by atoms with Crippen molar-refractivity contribution in [1.29, 1.82) is 0 Å². The number of pyridine rings is 1. The van der Waals surface area contributed by atoms with Crippen LogP contribution < -0.4 is 10.2 Å². The molecule has 1 atom stereocenters. The number of hydrogen-bond acceptors (Lipinski definition) is 5. The van der Waals surface area contributed by atoms with Crippen LogP contribution in [0, 0.1) is 0 Å². The van der Waals surface area contributed by atoms with Gasteiger partial charge in [0, 0.05) is 43.9 Å². The Balaban J connectivity index is 1.31. The summed E-state index contributed by atoms with van der Waals surface area (Å²) in [5.41, 5.74) is 1.78. The van der Waals surface area contributed by atoms with Crippen LogP contribution in [0.2, 0.25) is 5.02 Å². The van der Waals surface area contributed by atoms with E-state index in [9.17, 15) is 14.4 Å². The number of nitrogens with zero attached hydrogens (tertiary/aromatic N) is 5. The number of urea groups is 1. The summed E-state index contributed by atoms with van der Waals surface area (Å²) in [6, 6.07) is 11.9. The van der Waals surface area contributed by atoms with Crippen molar-refractivity contribution in [1.82, 2.24) is 25.0 Å². The molecule has 1 unspecified atom stereocenters. The Labute approximate surface area is 214 Å². The van der Waals surface area contributed by atoms with Crippen molar-refractivity contribution in [3.05, 3.63) is 83.2 Å². The Bertz CT molecular complexity index is 1230. The normalized spacial score (nSPS) is 20.0. The molecule has 1 aromatic carbocycles. The van der Waals surface area contributed by atoms with E-state index >= 15 is 0 Å². The fourth-order valence-electron chi connectivity index (χ4n) is 4.92. The molecule has 1 fully saturated rings. The highest BCUT2D eigenvalue weighted by Crippen LogP contribution is 2.36. The number of anilines is 1. The quantitative estimate of drug-likeness (QED) is 0.608. The average Bonchev–Trinajstić information content (AvgIpc) is 3.21. The zero-order valence-electron chi connectivity index (χ0n) is 19.8. The van der Waals surface area contributed by atoms with Crippen molar-refractivity contribution in [3.8, 4) is 0 Å². The second-order valence-corrected chi connectivity index (χ2v) is 9.35. The van der Waals surface area contributed by atoms with E-state index in [4.69, 9.17) is 11.6 Å². The molecule has 36 heavy (non-hydrogen) atoms. The van der Waals surface area contributed by atoms with E-state index < -0.39 is 6.04 Å². The van der Waals surface area contributed by atoms with Crippen molar-refractivity contribution < 1.29 is 14.4 Å². The molecule has 3 aliphatic heterocycles. The summed E-state index contributed by atoms with van der Waals surface area (Å²) in [7, 11) is 0. The average molecular weight is 507 g/mol. The third kappa shape index (κ3) is 4.54. The molecule has 1 N–H and O–H groups in total. The molecule has 1 aromatic heterocycles. The highest BCUT2D eigenvalue weighted by atomic mass is 35.5. The van der Waals surface area contributed by atoms with Crippen LogP contribution in [0.5, 0.6) is 0 Å². The predicted octanol–water partition coefficient (Wildman–Crippen LogP) is 2.43. The number of aromatic nitrogens is 1. The van der Waals surface area contributed by atoms with Crippen LogP contribution in [0.3, 0.4) is 0 Å². The lowest BCUT2D eigenvalue weighted by Crippen LogP contribution is -2.51. The van der Waals surface area contributed by atoms with Gasteiger partial charge in [0.15, 0.2) is 0 Å². The highest BCUT2D eigenvalue weighted by molar-refractivity contribution is 6.30. The molecule has 0 radical (unpaired) electrons. The zero-order valence-corrected chi connectivity index (χ0v) is 20.5. The van der Waals surface area contributed by atoms with Gasteiger partial charge in [-0.25, -0.2) is 9.78 Å². The Kier molecular flexibility index (Phi) is 6.65. The van der Waals surface area contributed by atoms with Gasteiger partial charge in [0.05, 0.1) is 23.9 Å². The van der Waals surface area contributed by atoms with Crippen molar-refractivity contribution >= 4 is 35.3 Å². The Morgan fingerprint density at radius 2 is 1.94 bits per heavy atom. The summed E-state index contributed by atoms with van der Waals surface area (Å²) in [6.45, 7) is 6.60. The Morgan fingerprint density at radius 3 is 2.64 bits per heavy atom. The third-order valence-corrected chi connectivity index (χ3v) is 6.96. The molecule has 186 valence electrons. The molecule has 0 bridgehead atoms. The number of rotatable bonds is 6. The van der Waals surface area contributed by atoms with E-state index in [-0.39, 0.29) is 37.5 Å². The molecule has 4 amide bonds. The second-order valence-electron chi connectivity index (χ2n) is 8.91. The summed E-state index contributed by atoms with van der Waals surface area (Å²) in [5.74, 6) is 0.518. The van der Waals surface area contributed by atoms with Gasteiger partial charge in [-0.3, -0.25) is 14.5 Å². The minimum atomic E-state index is -0.637. The predicted molar refractivity (Wildman–Crippen MR) is 136 cm³/mol. The van der Waals surface area contributed by atoms with Gasteiger partial charge < -0.3 is 20.0 Å². The minimum Gasteiger partial charge on any atom is -0.353 e. The maximum Gasteiger partial charge on any atom is 0.322 e. The summed E-state index contributed by atoms with van der Waals surface area (Å²) in [5, 5.41) is 3.44. The molecule has 0 aliphatic carbocycles. The van der Waals surface area contributed by atoms with E-state index in [0.29, 0.717) is 48.0 Å². The second kappa shape index (κ2) is 10.0. The van der Waals surface area contributed by atoms with E-state index in [1.54, 1.807) is 35.4 Å². The molecular formula is C26H27ClN6O3. The first-order chi connectivity index (χ1) is 17.5. The molecule has 5 rings (SSSR count). The van der Waals surface area contributed by atoms with Crippen molar-refractivity contribution in [2.75, 3.05) is 50.7 Å². The van der Waals surface area contributed by atoms with Crippen LogP contribution in [0.15, 0.2) is 72.6 Å². The molecule has 9 nitrogen and oxygen atoms in total. The van der Waals surface area contributed by atoms with Crippen molar-refractivity contribution in [3.63, 3.8) is 0 Å². The van der Waals surface area contributed by atoms with Gasteiger partial charge in [-0.2, -0.15) is 0 Å². The highest BCUT2D eigenvalue weighted by Gasteiger charge is 2.44. The number of benzene rings is 1. The Morgan fingerprint density at radius 1 is 1.14 bits per heavy atom. The van der Waals surface area contributed by atoms with Gasteiger partial charge in [-0.1, -0.05) is 35.9 Å². The molecule has 1 saturated heterocycles. The number of nitrogens with one attached hydrogen (secondary N) is 1. The van der Waals surface area contributed by atoms with Crippen LogP contribution in [0.4, 0.5) is 10.6 Å². The number of piperazine rings is 1. The van der Waals surface area contributed by atoms with Gasteiger partial charge in [-0.15, -0.1) is 6.58 Å². The number of halogens is 1. The summed E-state index contributed by atoms with van der Waals surface area (Å²) < 4.78 is 0. The van der Waals surface area contributed by atoms with Gasteiger partial charge in [0.2, 0.25) is 5.91 Å². The molecule has 0 saturated carbocycles. The number of carbonyl (C=O) groups is 3. The van der Waals surface area contributed by atoms with Gasteiger partial charge in [0.1, 0.15) is 12.4 Å². The van der Waals surface area contributed by atoms with Crippen LogP contribution >= 0.6 is 11.6 Å². The van der Waals surface area contributed by atoms with Gasteiger partial charge >= 0.3 is 6.03 Å². The SMILES string of the molecule is C=CCN1C(=O)NC(c2cccc(Cl)c2)C2=C1CN(CC(=O)N1CCN(c3ccccn3)CC1)C2=O. The maximum atomic E-state index is 13.6. The molecule has 4 heterocycles. The standard InChI is InChI=1S/C26H27ClN6O3/c1-2-10-33-20-16-32(17-22(34)31-13-11-30(12-14-31)21-8-3-4-9-28-21)25(35)23(20)24(29-26(33)36)18-6-5-7-19(27)15-18/h2-9,15,24H,1,10-14,16-17H2,(H,29,36). The lowest BCUT2D eigenvalue weighted by Gasteiger charge is -2.36. The van der Waals surface area contributed by atoms with Gasteiger partial charge in [-0.05, 0) is 29.8 Å². The van der Waals surface area contributed by atoms with Crippen LogP contribution in [0.1, 0.15) is 11.6 Å². The van der Waals surface area contributed by atoms with Crippen LogP contribution in [-0.2, 0) is 9.59 Å². The van der Waals surface area contributed by atoms with Crippen LogP contribution in [-0.4, -0.2) is 83.3 Å². The van der Waals surface area contributed by atoms with Crippen molar-refractivity contribution in [2.45, 2.75) is 6.04 Å². The fourth-order valence-corrected chi connectivity index (χ4v) is 5.12. The lowest BCUT2D eigenvalue weighted by atomic mass is 9.95. The fraction of sp³-hybridized carbons (Fsp3) is 0.308. The molecule has 3 aliphatic rings. The van der Waals surface area contributed by atoms with Crippen molar-refractivity contribution in [2.24, 2.45) is 0 Å². The van der Waals surface area contributed by atoms with E-state index in [1.807, 2.05) is 24.3 Å². The lowest BCUT2D eigenvalue weighted by molar-refractivity contribution is -0.137. The largest absolute Gasteiger partial charge is 0.353 e. The first-order valence-electron chi connectivity index (χ1n) is 11.9. The number of carbonyl (C=O) groups excluding carboxylic acids is 3. The van der Waals surface area contributed by atoms with E-state index in [1.165, 1.54) is 9.80 Å². The summed E-state index contributed by atoms with van der Waals surface area (Å²) in [4.78, 5) is 51.0.